The van der Waals surface area contributed by atoms with Crippen LogP contribution in [0.15, 0.2) is 30.5 Å². The summed E-state index contributed by atoms with van der Waals surface area (Å²) in [6.45, 7) is 2.85. The molecule has 1 aromatic carbocycles. The zero-order chi connectivity index (χ0) is 13.9. The van der Waals surface area contributed by atoms with Crippen molar-refractivity contribution in [1.82, 2.24) is 10.6 Å². The van der Waals surface area contributed by atoms with E-state index in [0.717, 1.165) is 30.6 Å². The van der Waals surface area contributed by atoms with Crippen molar-refractivity contribution in [2.24, 2.45) is 0 Å². The van der Waals surface area contributed by atoms with Gasteiger partial charge in [0.1, 0.15) is 5.75 Å². The Morgan fingerprint density at radius 1 is 1.37 bits per heavy atom. The third-order valence-corrected chi connectivity index (χ3v) is 2.65. The highest BCUT2D eigenvalue weighted by atomic mass is 16.5. The second-order valence-electron chi connectivity index (χ2n) is 4.22. The molecule has 0 saturated heterocycles. The number of hydrogen-bond donors (Lipinski definition) is 2. The molecular formula is C15H22N2O2. The van der Waals surface area contributed by atoms with Crippen molar-refractivity contribution >= 4 is 12.1 Å². The van der Waals surface area contributed by atoms with E-state index < -0.39 is 0 Å². The lowest BCUT2D eigenvalue weighted by Crippen LogP contribution is -2.32. The van der Waals surface area contributed by atoms with E-state index in [9.17, 15) is 4.79 Å². The number of nitrogens with one attached hydrogen (secondary N) is 2. The van der Waals surface area contributed by atoms with Gasteiger partial charge in [0.2, 0.25) is 0 Å². The Morgan fingerprint density at radius 2 is 2.21 bits per heavy atom. The predicted molar refractivity (Wildman–Crippen MR) is 78.1 cm³/mol. The minimum atomic E-state index is -0.171. The van der Waals surface area contributed by atoms with Crippen molar-refractivity contribution in [3.8, 4) is 5.75 Å². The number of carbonyl (C=O) groups is 1. The van der Waals surface area contributed by atoms with E-state index >= 15 is 0 Å². The Bertz CT molecular complexity index is 416. The highest BCUT2D eigenvalue weighted by molar-refractivity contribution is 5.75. The van der Waals surface area contributed by atoms with Crippen LogP contribution in [-0.2, 0) is 0 Å². The van der Waals surface area contributed by atoms with Gasteiger partial charge in [-0.2, -0.15) is 0 Å². The molecule has 0 atom stereocenters. The van der Waals surface area contributed by atoms with Crippen LogP contribution in [0.3, 0.4) is 0 Å². The Hall–Kier alpha value is -1.97. The van der Waals surface area contributed by atoms with Gasteiger partial charge in [0.25, 0.3) is 0 Å². The van der Waals surface area contributed by atoms with E-state index in [-0.39, 0.29) is 6.03 Å². The molecular weight excluding hydrogens is 240 g/mol. The fourth-order valence-corrected chi connectivity index (χ4v) is 1.59. The van der Waals surface area contributed by atoms with Gasteiger partial charge < -0.3 is 15.4 Å². The molecule has 0 radical (unpaired) electrons. The normalized spacial score (nSPS) is 10.4. The molecule has 2 N–H and O–H groups in total. The van der Waals surface area contributed by atoms with E-state index in [2.05, 4.69) is 17.6 Å². The quantitative estimate of drug-likeness (QED) is 0.742. The summed E-state index contributed by atoms with van der Waals surface area (Å²) < 4.78 is 5.12. The second-order valence-corrected chi connectivity index (χ2v) is 4.22. The van der Waals surface area contributed by atoms with Crippen molar-refractivity contribution in [1.29, 1.82) is 0 Å². The fraction of sp³-hybridized carbons (Fsp3) is 0.400. The average Bonchev–Trinajstić information content (AvgIpc) is 2.44. The average molecular weight is 262 g/mol. The van der Waals surface area contributed by atoms with Gasteiger partial charge >= 0.3 is 6.03 Å². The molecule has 0 fully saturated rings. The number of carbonyl (C=O) groups excluding carboxylic acids is 1. The number of rotatable bonds is 7. The van der Waals surface area contributed by atoms with Crippen LogP contribution in [0.1, 0.15) is 31.7 Å². The molecule has 1 rings (SSSR count). The summed E-state index contributed by atoms with van der Waals surface area (Å²) in [6, 6.07) is 7.46. The topological polar surface area (TPSA) is 50.4 Å². The maximum atomic E-state index is 11.4. The van der Waals surface area contributed by atoms with Crippen LogP contribution < -0.4 is 15.4 Å². The number of unbranched alkanes of at least 4 members (excludes halogenated alkanes) is 2. The Kier molecular flexibility index (Phi) is 7.17. The molecule has 1 aromatic rings. The van der Waals surface area contributed by atoms with Crippen molar-refractivity contribution in [3.05, 3.63) is 36.0 Å². The van der Waals surface area contributed by atoms with E-state index in [1.54, 1.807) is 13.3 Å². The first-order valence-electron chi connectivity index (χ1n) is 6.61. The molecule has 0 spiro atoms. The smallest absolute Gasteiger partial charge is 0.318 e. The summed E-state index contributed by atoms with van der Waals surface area (Å²) in [4.78, 5) is 11.4. The Balaban J connectivity index is 2.30. The summed E-state index contributed by atoms with van der Waals surface area (Å²) >= 11 is 0. The van der Waals surface area contributed by atoms with E-state index in [4.69, 9.17) is 4.74 Å². The third kappa shape index (κ3) is 6.50. The van der Waals surface area contributed by atoms with Crippen molar-refractivity contribution in [3.63, 3.8) is 0 Å². The number of methoxy groups -OCH3 is 1. The highest BCUT2D eigenvalue weighted by Crippen LogP contribution is 2.13. The molecule has 0 heterocycles. The van der Waals surface area contributed by atoms with E-state index in [1.165, 1.54) is 0 Å². The van der Waals surface area contributed by atoms with Gasteiger partial charge in [-0.1, -0.05) is 31.9 Å². The predicted octanol–water partition coefficient (Wildman–Crippen LogP) is 3.16. The number of hydrogen-bond acceptors (Lipinski definition) is 2. The summed E-state index contributed by atoms with van der Waals surface area (Å²) in [6.07, 6.45) is 6.76. The minimum absolute atomic E-state index is 0.171. The SMILES string of the molecule is CCCCCNC(=O)N/C=C/c1cccc(OC)c1. The second kappa shape index (κ2) is 9.03. The first-order chi connectivity index (χ1) is 9.26. The van der Waals surface area contributed by atoms with Crippen LogP contribution in [0.2, 0.25) is 0 Å². The zero-order valence-corrected chi connectivity index (χ0v) is 11.6. The zero-order valence-electron chi connectivity index (χ0n) is 11.6. The molecule has 0 saturated carbocycles. The van der Waals surface area contributed by atoms with Crippen molar-refractivity contribution in [2.45, 2.75) is 26.2 Å². The van der Waals surface area contributed by atoms with Gasteiger partial charge in [-0.05, 0) is 30.2 Å². The minimum Gasteiger partial charge on any atom is -0.497 e. The van der Waals surface area contributed by atoms with Crippen LogP contribution in [0, 0.1) is 0 Å². The van der Waals surface area contributed by atoms with Crippen LogP contribution in [0.4, 0.5) is 4.79 Å². The number of urea groups is 1. The molecule has 0 aliphatic carbocycles. The van der Waals surface area contributed by atoms with Crippen molar-refractivity contribution in [2.75, 3.05) is 13.7 Å². The first kappa shape index (κ1) is 15.1. The van der Waals surface area contributed by atoms with Crippen LogP contribution >= 0.6 is 0 Å². The monoisotopic (exact) mass is 262 g/mol. The summed E-state index contributed by atoms with van der Waals surface area (Å²) in [5, 5.41) is 5.47. The molecule has 0 aliphatic heterocycles. The number of benzene rings is 1. The summed E-state index contributed by atoms with van der Waals surface area (Å²) in [5.41, 5.74) is 0.977. The Labute approximate surface area is 114 Å². The molecule has 0 aliphatic rings. The standard InChI is InChI=1S/C15H22N2O2/c1-3-4-5-10-16-15(18)17-11-9-13-7-6-8-14(12-13)19-2/h6-9,11-12H,3-5,10H2,1-2H3,(H2,16,17,18)/b11-9+. The highest BCUT2D eigenvalue weighted by Gasteiger charge is 1.95. The van der Waals surface area contributed by atoms with Gasteiger partial charge in [0, 0.05) is 12.7 Å². The lowest BCUT2D eigenvalue weighted by molar-refractivity contribution is 0.244. The van der Waals surface area contributed by atoms with Crippen molar-refractivity contribution < 1.29 is 9.53 Å². The molecule has 104 valence electrons. The maximum absolute atomic E-state index is 11.4. The van der Waals surface area contributed by atoms with Gasteiger partial charge in [-0.3, -0.25) is 0 Å². The van der Waals surface area contributed by atoms with Gasteiger partial charge in [-0.15, -0.1) is 0 Å². The van der Waals surface area contributed by atoms with Gasteiger partial charge in [-0.25, -0.2) is 4.79 Å². The number of ether oxygens (including phenoxy) is 1. The first-order valence-corrected chi connectivity index (χ1v) is 6.61. The summed E-state index contributed by atoms with van der Waals surface area (Å²) in [7, 11) is 1.63. The molecule has 0 aromatic heterocycles. The van der Waals surface area contributed by atoms with Crippen LogP contribution in [0.25, 0.3) is 6.08 Å². The molecule has 19 heavy (non-hydrogen) atoms. The van der Waals surface area contributed by atoms with Crippen LogP contribution in [-0.4, -0.2) is 19.7 Å². The third-order valence-electron chi connectivity index (χ3n) is 2.65. The number of amides is 2. The lowest BCUT2D eigenvalue weighted by atomic mass is 10.2. The lowest BCUT2D eigenvalue weighted by Gasteiger charge is -2.03. The Morgan fingerprint density at radius 3 is 2.95 bits per heavy atom. The molecule has 4 nitrogen and oxygen atoms in total. The molecule has 0 bridgehead atoms. The largest absolute Gasteiger partial charge is 0.497 e. The van der Waals surface area contributed by atoms with Crippen LogP contribution in [0.5, 0.6) is 5.75 Å². The molecule has 0 unspecified atom stereocenters. The van der Waals surface area contributed by atoms with E-state index in [0.29, 0.717) is 6.54 Å². The molecule has 4 heteroatoms. The van der Waals surface area contributed by atoms with Gasteiger partial charge in [0.05, 0.1) is 7.11 Å². The fourth-order valence-electron chi connectivity index (χ4n) is 1.59. The van der Waals surface area contributed by atoms with E-state index in [1.807, 2.05) is 30.3 Å². The maximum Gasteiger partial charge on any atom is 0.318 e. The molecule has 2 amide bonds. The summed E-state index contributed by atoms with van der Waals surface area (Å²) in [5.74, 6) is 0.797. The van der Waals surface area contributed by atoms with Gasteiger partial charge in [0.15, 0.2) is 0 Å².